The third-order valence-corrected chi connectivity index (χ3v) is 6.43. The number of aromatic nitrogens is 3. The molecule has 1 heterocycles. The van der Waals surface area contributed by atoms with Crippen LogP contribution < -0.4 is 4.74 Å². The van der Waals surface area contributed by atoms with Crippen molar-refractivity contribution in [1.82, 2.24) is 14.8 Å². The SMILES string of the molecule is COc1ccc(-c2nnc(SCc3ccc(Cl)c(Cl)c3)n2-c2ccccc2C)cc1. The van der Waals surface area contributed by atoms with E-state index in [9.17, 15) is 0 Å². The minimum absolute atomic E-state index is 0.550. The Kier molecular flexibility index (Phi) is 6.32. The van der Waals surface area contributed by atoms with Gasteiger partial charge in [0.05, 0.1) is 22.8 Å². The zero-order chi connectivity index (χ0) is 21.1. The second kappa shape index (κ2) is 9.13. The molecule has 4 rings (SSSR count). The van der Waals surface area contributed by atoms with E-state index in [0.29, 0.717) is 15.8 Å². The van der Waals surface area contributed by atoms with Gasteiger partial charge in [0.15, 0.2) is 11.0 Å². The van der Waals surface area contributed by atoms with Crippen LogP contribution in [0.3, 0.4) is 0 Å². The Morgan fingerprint density at radius 3 is 2.40 bits per heavy atom. The van der Waals surface area contributed by atoms with Crippen LogP contribution in [-0.4, -0.2) is 21.9 Å². The number of methoxy groups -OCH3 is 1. The van der Waals surface area contributed by atoms with Gasteiger partial charge in [0, 0.05) is 11.3 Å². The first-order valence-corrected chi connectivity index (χ1v) is 11.0. The highest BCUT2D eigenvalue weighted by Gasteiger charge is 2.18. The average Bonchev–Trinajstić information content (AvgIpc) is 3.18. The Labute approximate surface area is 189 Å². The predicted molar refractivity (Wildman–Crippen MR) is 124 cm³/mol. The second-order valence-electron chi connectivity index (χ2n) is 6.69. The lowest BCUT2D eigenvalue weighted by atomic mass is 10.1. The van der Waals surface area contributed by atoms with Crippen LogP contribution >= 0.6 is 35.0 Å². The number of thioether (sulfide) groups is 1. The number of para-hydroxylation sites is 1. The standard InChI is InChI=1S/C23H19Cl2N3OS/c1-15-5-3-4-6-21(15)28-22(17-8-10-18(29-2)11-9-17)26-27-23(28)30-14-16-7-12-19(24)20(25)13-16/h3-13H,14H2,1-2H3. The van der Waals surface area contributed by atoms with E-state index in [1.807, 2.05) is 54.6 Å². The summed E-state index contributed by atoms with van der Waals surface area (Å²) in [4.78, 5) is 0. The number of aryl methyl sites for hydroxylation is 1. The summed E-state index contributed by atoms with van der Waals surface area (Å²) in [5.41, 5.74) is 4.22. The molecule has 0 aliphatic rings. The fourth-order valence-electron chi connectivity index (χ4n) is 3.10. The van der Waals surface area contributed by atoms with Crippen molar-refractivity contribution in [2.45, 2.75) is 17.8 Å². The molecular weight excluding hydrogens is 437 g/mol. The van der Waals surface area contributed by atoms with E-state index in [2.05, 4.69) is 33.8 Å². The molecule has 4 nitrogen and oxygen atoms in total. The van der Waals surface area contributed by atoms with Crippen LogP contribution in [0.4, 0.5) is 0 Å². The van der Waals surface area contributed by atoms with E-state index in [1.54, 1.807) is 18.9 Å². The topological polar surface area (TPSA) is 39.9 Å². The lowest BCUT2D eigenvalue weighted by Crippen LogP contribution is -2.02. The van der Waals surface area contributed by atoms with Crippen LogP contribution in [-0.2, 0) is 5.75 Å². The Morgan fingerprint density at radius 2 is 1.70 bits per heavy atom. The molecule has 0 aliphatic heterocycles. The second-order valence-corrected chi connectivity index (χ2v) is 8.45. The third kappa shape index (κ3) is 4.33. The fraction of sp³-hybridized carbons (Fsp3) is 0.130. The number of ether oxygens (including phenoxy) is 1. The highest BCUT2D eigenvalue weighted by atomic mass is 35.5. The average molecular weight is 456 g/mol. The van der Waals surface area contributed by atoms with Crippen molar-refractivity contribution in [2.75, 3.05) is 7.11 Å². The van der Waals surface area contributed by atoms with Gasteiger partial charge in [-0.15, -0.1) is 10.2 Å². The summed E-state index contributed by atoms with van der Waals surface area (Å²) in [7, 11) is 1.66. The maximum absolute atomic E-state index is 6.17. The summed E-state index contributed by atoms with van der Waals surface area (Å²) in [6.45, 7) is 2.08. The Bertz CT molecular complexity index is 1180. The highest BCUT2D eigenvalue weighted by molar-refractivity contribution is 7.98. The van der Waals surface area contributed by atoms with Gasteiger partial charge >= 0.3 is 0 Å². The zero-order valence-corrected chi connectivity index (χ0v) is 18.8. The van der Waals surface area contributed by atoms with Gasteiger partial charge in [0.2, 0.25) is 0 Å². The largest absolute Gasteiger partial charge is 0.497 e. The van der Waals surface area contributed by atoms with Crippen LogP contribution in [0.2, 0.25) is 10.0 Å². The fourth-order valence-corrected chi connectivity index (χ4v) is 4.31. The van der Waals surface area contributed by atoms with E-state index in [-0.39, 0.29) is 0 Å². The van der Waals surface area contributed by atoms with E-state index in [1.165, 1.54) is 0 Å². The summed E-state index contributed by atoms with van der Waals surface area (Å²) in [6, 6.07) is 21.7. The van der Waals surface area contributed by atoms with Crippen molar-refractivity contribution >= 4 is 35.0 Å². The first kappa shape index (κ1) is 20.8. The predicted octanol–water partition coefficient (Wildman–Crippen LogP) is 6.85. The van der Waals surface area contributed by atoms with Crippen LogP contribution in [0.1, 0.15) is 11.1 Å². The van der Waals surface area contributed by atoms with Crippen molar-refractivity contribution in [3.8, 4) is 22.8 Å². The zero-order valence-electron chi connectivity index (χ0n) is 16.5. The van der Waals surface area contributed by atoms with Gasteiger partial charge in [-0.2, -0.15) is 0 Å². The number of nitrogens with zero attached hydrogens (tertiary/aromatic N) is 3. The number of rotatable bonds is 6. The smallest absolute Gasteiger partial charge is 0.196 e. The van der Waals surface area contributed by atoms with Gasteiger partial charge < -0.3 is 4.74 Å². The third-order valence-electron chi connectivity index (χ3n) is 4.69. The molecule has 0 saturated carbocycles. The molecule has 0 amide bonds. The minimum atomic E-state index is 0.550. The Hall–Kier alpha value is -2.47. The Morgan fingerprint density at radius 1 is 0.933 bits per heavy atom. The molecule has 0 bridgehead atoms. The highest BCUT2D eigenvalue weighted by Crippen LogP contribution is 2.32. The first-order chi connectivity index (χ1) is 14.6. The van der Waals surface area contributed by atoms with Crippen molar-refractivity contribution in [3.63, 3.8) is 0 Å². The summed E-state index contributed by atoms with van der Waals surface area (Å²) in [6.07, 6.45) is 0. The number of hydrogen-bond donors (Lipinski definition) is 0. The Balaban J connectivity index is 1.73. The van der Waals surface area contributed by atoms with Crippen LogP contribution in [0.25, 0.3) is 17.1 Å². The van der Waals surface area contributed by atoms with Gasteiger partial charge in [-0.25, -0.2) is 0 Å². The molecule has 30 heavy (non-hydrogen) atoms. The summed E-state index contributed by atoms with van der Waals surface area (Å²) < 4.78 is 7.38. The summed E-state index contributed by atoms with van der Waals surface area (Å²) in [5, 5.41) is 10.9. The molecule has 0 radical (unpaired) electrons. The van der Waals surface area contributed by atoms with E-state index >= 15 is 0 Å². The molecule has 0 aliphatic carbocycles. The maximum Gasteiger partial charge on any atom is 0.196 e. The molecule has 1 aromatic heterocycles. The van der Waals surface area contributed by atoms with Gasteiger partial charge in [-0.3, -0.25) is 4.57 Å². The lowest BCUT2D eigenvalue weighted by molar-refractivity contribution is 0.415. The molecule has 152 valence electrons. The molecule has 0 unspecified atom stereocenters. The monoisotopic (exact) mass is 455 g/mol. The van der Waals surface area contributed by atoms with Gasteiger partial charge in [0.1, 0.15) is 5.75 Å². The minimum Gasteiger partial charge on any atom is -0.497 e. The van der Waals surface area contributed by atoms with Gasteiger partial charge in [0.25, 0.3) is 0 Å². The van der Waals surface area contributed by atoms with Crippen LogP contribution in [0.5, 0.6) is 5.75 Å². The normalized spacial score (nSPS) is 10.9. The molecule has 0 spiro atoms. The molecule has 0 fully saturated rings. The number of halogens is 2. The molecule has 0 saturated heterocycles. The van der Waals surface area contributed by atoms with Crippen molar-refractivity contribution in [2.24, 2.45) is 0 Å². The summed E-state index contributed by atoms with van der Waals surface area (Å²) in [5.74, 6) is 2.28. The van der Waals surface area contributed by atoms with Crippen molar-refractivity contribution < 1.29 is 4.74 Å². The summed E-state index contributed by atoms with van der Waals surface area (Å²) >= 11 is 13.8. The van der Waals surface area contributed by atoms with E-state index in [4.69, 9.17) is 27.9 Å². The molecule has 7 heteroatoms. The molecule has 4 aromatic rings. The van der Waals surface area contributed by atoms with E-state index in [0.717, 1.165) is 39.1 Å². The molecular formula is C23H19Cl2N3OS. The van der Waals surface area contributed by atoms with Crippen molar-refractivity contribution in [3.05, 3.63) is 87.9 Å². The molecule has 0 atom stereocenters. The number of benzene rings is 3. The van der Waals surface area contributed by atoms with Crippen LogP contribution in [0.15, 0.2) is 71.9 Å². The lowest BCUT2D eigenvalue weighted by Gasteiger charge is -2.13. The van der Waals surface area contributed by atoms with Gasteiger partial charge in [-0.05, 0) is 60.5 Å². The molecule has 0 N–H and O–H groups in total. The van der Waals surface area contributed by atoms with E-state index < -0.39 is 0 Å². The van der Waals surface area contributed by atoms with Gasteiger partial charge in [-0.1, -0.05) is 59.2 Å². The number of hydrogen-bond acceptors (Lipinski definition) is 4. The van der Waals surface area contributed by atoms with Crippen molar-refractivity contribution in [1.29, 1.82) is 0 Å². The quantitative estimate of drug-likeness (QED) is 0.298. The maximum atomic E-state index is 6.17. The first-order valence-electron chi connectivity index (χ1n) is 9.29. The molecule has 3 aromatic carbocycles. The van der Waals surface area contributed by atoms with Crippen LogP contribution in [0, 0.1) is 6.92 Å².